The van der Waals surface area contributed by atoms with E-state index in [-0.39, 0.29) is 17.1 Å². The molecule has 1 aromatic heterocycles. The summed E-state index contributed by atoms with van der Waals surface area (Å²) >= 11 is 0. The van der Waals surface area contributed by atoms with E-state index >= 15 is 0 Å². The summed E-state index contributed by atoms with van der Waals surface area (Å²) in [6.07, 6.45) is -1.29. The average Bonchev–Trinajstić information content (AvgIpc) is 2.89. The number of anilines is 1. The highest BCUT2D eigenvalue weighted by Gasteiger charge is 2.22. The number of hydrogen-bond donors (Lipinski definition) is 3. The van der Waals surface area contributed by atoms with Crippen LogP contribution in [0, 0.1) is 10.1 Å². The maximum atomic E-state index is 12.6. The quantitative estimate of drug-likeness (QED) is 0.497. The lowest BCUT2D eigenvalue weighted by Gasteiger charge is -2.08. The minimum absolute atomic E-state index is 0.00675. The number of non-ortho nitro benzene ring substituents is 1. The van der Waals surface area contributed by atoms with E-state index in [2.05, 4.69) is 5.10 Å². The summed E-state index contributed by atoms with van der Waals surface area (Å²) in [6, 6.07) is 14.1. The fraction of sp³-hybridized carbons (Fsp3) is 0.0625. The molecule has 0 aliphatic carbocycles. The van der Waals surface area contributed by atoms with Gasteiger partial charge in [0, 0.05) is 12.1 Å². The highest BCUT2D eigenvalue weighted by Crippen LogP contribution is 2.25. The van der Waals surface area contributed by atoms with Crippen LogP contribution >= 0.6 is 0 Å². The second kappa shape index (κ2) is 6.01. The highest BCUT2D eigenvalue weighted by atomic mass is 16.6. The number of hydrogen-bond acceptors (Lipinski definition) is 5. The first-order valence-electron chi connectivity index (χ1n) is 7.07. The molecular formula is C16H14N4O4. The normalized spacial score (nSPS) is 12.0. The van der Waals surface area contributed by atoms with Gasteiger partial charge in [-0.05, 0) is 29.8 Å². The van der Waals surface area contributed by atoms with Crippen LogP contribution in [0.1, 0.15) is 17.2 Å². The van der Waals surface area contributed by atoms with Gasteiger partial charge in [0.05, 0.1) is 16.2 Å². The zero-order valence-corrected chi connectivity index (χ0v) is 12.4. The summed E-state index contributed by atoms with van der Waals surface area (Å²) < 4.78 is 1.24. The number of benzene rings is 2. The van der Waals surface area contributed by atoms with Crippen LogP contribution in [-0.2, 0) is 0 Å². The van der Waals surface area contributed by atoms with Crippen LogP contribution in [-0.4, -0.2) is 19.8 Å². The van der Waals surface area contributed by atoms with Crippen molar-refractivity contribution in [3.05, 3.63) is 86.2 Å². The van der Waals surface area contributed by atoms with Gasteiger partial charge in [0.1, 0.15) is 11.9 Å². The minimum Gasteiger partial charge on any atom is -0.384 e. The molecule has 8 nitrogen and oxygen atoms in total. The Labute approximate surface area is 135 Å². The van der Waals surface area contributed by atoms with Gasteiger partial charge in [-0.25, -0.2) is 4.68 Å². The number of rotatable bonds is 4. The van der Waals surface area contributed by atoms with Gasteiger partial charge in [0.25, 0.3) is 11.2 Å². The Kier molecular flexibility index (Phi) is 3.88. The van der Waals surface area contributed by atoms with Crippen LogP contribution in [0.15, 0.2) is 59.4 Å². The van der Waals surface area contributed by atoms with Crippen LogP contribution in [0.5, 0.6) is 0 Å². The number of nitrogen functional groups attached to an aromatic ring is 1. The fourth-order valence-electron chi connectivity index (χ4n) is 2.44. The number of para-hydroxylation sites is 1. The Hall–Kier alpha value is -3.39. The number of H-pyrrole nitrogens is 1. The molecule has 2 aromatic carbocycles. The highest BCUT2D eigenvalue weighted by molar-refractivity contribution is 5.47. The number of aromatic amines is 1. The summed E-state index contributed by atoms with van der Waals surface area (Å²) in [6.45, 7) is 0. The van der Waals surface area contributed by atoms with Gasteiger partial charge in [0.15, 0.2) is 0 Å². The molecule has 0 saturated carbocycles. The summed E-state index contributed by atoms with van der Waals surface area (Å²) in [7, 11) is 0. The molecule has 0 radical (unpaired) electrons. The van der Waals surface area contributed by atoms with Gasteiger partial charge in [-0.15, -0.1) is 0 Å². The third-order valence-corrected chi connectivity index (χ3v) is 3.66. The molecule has 3 aromatic rings. The van der Waals surface area contributed by atoms with E-state index in [1.807, 2.05) is 6.07 Å². The van der Waals surface area contributed by atoms with Crippen LogP contribution in [0.2, 0.25) is 0 Å². The second-order valence-electron chi connectivity index (χ2n) is 5.17. The molecule has 4 N–H and O–H groups in total. The fourth-order valence-corrected chi connectivity index (χ4v) is 2.44. The number of nitrogens with one attached hydrogen (secondary N) is 1. The van der Waals surface area contributed by atoms with Crippen molar-refractivity contribution in [1.82, 2.24) is 9.78 Å². The molecule has 24 heavy (non-hydrogen) atoms. The molecule has 1 heterocycles. The molecule has 0 spiro atoms. The van der Waals surface area contributed by atoms with E-state index in [4.69, 9.17) is 5.73 Å². The Morgan fingerprint density at radius 2 is 1.75 bits per heavy atom. The van der Waals surface area contributed by atoms with E-state index in [0.717, 1.165) is 0 Å². The number of nitrogens with two attached hydrogens (primary N) is 1. The molecule has 0 saturated heterocycles. The SMILES string of the molecule is Nc1[nH]n(-c2ccccc2)c(=O)c1[C@H](O)c1ccc([N+](=O)[O-])cc1. The molecule has 3 rings (SSSR count). The first kappa shape index (κ1) is 15.5. The monoisotopic (exact) mass is 326 g/mol. The maximum absolute atomic E-state index is 12.6. The average molecular weight is 326 g/mol. The smallest absolute Gasteiger partial charge is 0.279 e. The van der Waals surface area contributed by atoms with Gasteiger partial charge in [-0.1, -0.05) is 18.2 Å². The Bertz CT molecular complexity index is 929. The van der Waals surface area contributed by atoms with E-state index in [0.29, 0.717) is 11.3 Å². The third kappa shape index (κ3) is 2.66. The molecule has 0 aliphatic rings. The molecule has 122 valence electrons. The number of aliphatic hydroxyl groups excluding tert-OH is 1. The lowest BCUT2D eigenvalue weighted by Crippen LogP contribution is -2.20. The van der Waals surface area contributed by atoms with Crippen LogP contribution in [0.4, 0.5) is 11.5 Å². The number of nitro groups is 1. The van der Waals surface area contributed by atoms with E-state index in [1.165, 1.54) is 28.9 Å². The number of nitrogens with zero attached hydrogens (tertiary/aromatic N) is 2. The number of aromatic nitrogens is 2. The van der Waals surface area contributed by atoms with Gasteiger partial charge >= 0.3 is 0 Å². The minimum atomic E-state index is -1.29. The Morgan fingerprint density at radius 3 is 2.33 bits per heavy atom. The molecule has 0 bridgehead atoms. The van der Waals surface area contributed by atoms with Crippen LogP contribution in [0.3, 0.4) is 0 Å². The van der Waals surface area contributed by atoms with E-state index in [9.17, 15) is 20.0 Å². The van der Waals surface area contributed by atoms with E-state index < -0.39 is 16.6 Å². The predicted molar refractivity (Wildman–Crippen MR) is 88.0 cm³/mol. The van der Waals surface area contributed by atoms with Gasteiger partial charge in [-0.2, -0.15) is 0 Å². The number of nitro benzene ring substituents is 1. The summed E-state index contributed by atoms with van der Waals surface area (Å²) in [5.41, 5.74) is 6.18. The van der Waals surface area contributed by atoms with Gasteiger partial charge in [-0.3, -0.25) is 20.0 Å². The molecule has 8 heteroatoms. The molecule has 1 atom stereocenters. The zero-order chi connectivity index (χ0) is 17.3. The van der Waals surface area contributed by atoms with Gasteiger partial charge < -0.3 is 10.8 Å². The third-order valence-electron chi connectivity index (χ3n) is 3.66. The zero-order valence-electron chi connectivity index (χ0n) is 12.4. The standard InChI is InChI=1S/C16H14N4O4/c17-15-13(14(21)10-6-8-12(9-7-10)20(23)24)16(22)19(18-15)11-4-2-1-3-5-11/h1-9,14,18,21H,17H2/t14-/m1/s1. The topological polar surface area (TPSA) is 127 Å². The van der Waals surface area contributed by atoms with Crippen molar-refractivity contribution in [2.24, 2.45) is 0 Å². The second-order valence-corrected chi connectivity index (χ2v) is 5.17. The summed E-state index contributed by atoms with van der Waals surface area (Å²) in [5.74, 6) is 0.0368. The van der Waals surface area contributed by atoms with Crippen LogP contribution < -0.4 is 11.3 Å². The summed E-state index contributed by atoms with van der Waals surface area (Å²) in [4.78, 5) is 22.7. The number of aliphatic hydroxyl groups is 1. The Balaban J connectivity index is 2.02. The Morgan fingerprint density at radius 1 is 1.12 bits per heavy atom. The molecule has 0 unspecified atom stereocenters. The molecule has 0 aliphatic heterocycles. The van der Waals surface area contributed by atoms with Gasteiger partial charge in [0.2, 0.25) is 0 Å². The molecule has 0 amide bonds. The van der Waals surface area contributed by atoms with Crippen molar-refractivity contribution in [1.29, 1.82) is 0 Å². The van der Waals surface area contributed by atoms with Crippen molar-refractivity contribution >= 4 is 11.5 Å². The predicted octanol–water partition coefficient (Wildman–Crippen LogP) is 1.74. The van der Waals surface area contributed by atoms with E-state index in [1.54, 1.807) is 24.3 Å². The largest absolute Gasteiger partial charge is 0.384 e. The summed E-state index contributed by atoms with van der Waals surface area (Å²) in [5, 5.41) is 23.9. The van der Waals surface area contributed by atoms with Crippen molar-refractivity contribution in [3.8, 4) is 5.69 Å². The molecule has 0 fully saturated rings. The van der Waals surface area contributed by atoms with Crippen molar-refractivity contribution in [2.75, 3.05) is 5.73 Å². The lowest BCUT2D eigenvalue weighted by atomic mass is 10.0. The van der Waals surface area contributed by atoms with Crippen molar-refractivity contribution in [2.45, 2.75) is 6.10 Å². The first-order valence-corrected chi connectivity index (χ1v) is 7.07. The molecular weight excluding hydrogens is 312 g/mol. The lowest BCUT2D eigenvalue weighted by molar-refractivity contribution is -0.384. The van der Waals surface area contributed by atoms with Crippen LogP contribution in [0.25, 0.3) is 5.69 Å². The van der Waals surface area contributed by atoms with Crippen molar-refractivity contribution in [3.63, 3.8) is 0 Å². The van der Waals surface area contributed by atoms with Crippen molar-refractivity contribution < 1.29 is 10.0 Å². The maximum Gasteiger partial charge on any atom is 0.279 e. The first-order chi connectivity index (χ1) is 11.5.